The largest absolute Gasteiger partial charge is 0.377 e. The highest BCUT2D eigenvalue weighted by Gasteiger charge is 2.22. The number of H-pyrrole nitrogens is 1. The molecule has 0 radical (unpaired) electrons. The summed E-state index contributed by atoms with van der Waals surface area (Å²) in [5.41, 5.74) is 4.32. The number of aromatic nitrogens is 6. The van der Waals surface area contributed by atoms with Crippen molar-refractivity contribution in [1.29, 1.82) is 0 Å². The van der Waals surface area contributed by atoms with Crippen LogP contribution in [0.3, 0.4) is 0 Å². The Morgan fingerprint density at radius 3 is 2.96 bits per heavy atom. The van der Waals surface area contributed by atoms with Gasteiger partial charge < -0.3 is 9.64 Å². The Morgan fingerprint density at radius 2 is 2.18 bits per heavy atom. The van der Waals surface area contributed by atoms with Crippen LogP contribution in [-0.4, -0.2) is 55.7 Å². The van der Waals surface area contributed by atoms with Gasteiger partial charge in [0.15, 0.2) is 0 Å². The number of fused-ring (bicyclic) bond motifs is 1. The zero-order chi connectivity index (χ0) is 18.9. The Kier molecular flexibility index (Phi) is 4.25. The molecule has 1 aliphatic rings. The van der Waals surface area contributed by atoms with E-state index in [1.807, 2.05) is 28.9 Å². The van der Waals surface area contributed by atoms with Gasteiger partial charge >= 0.3 is 0 Å². The molecule has 8 nitrogen and oxygen atoms in total. The van der Waals surface area contributed by atoms with Crippen molar-refractivity contribution >= 4 is 16.9 Å². The lowest BCUT2D eigenvalue weighted by Crippen LogP contribution is -2.44. The summed E-state index contributed by atoms with van der Waals surface area (Å²) in [6.07, 6.45) is 3.60. The first-order chi connectivity index (χ1) is 13.8. The second kappa shape index (κ2) is 7.05. The summed E-state index contributed by atoms with van der Waals surface area (Å²) >= 11 is 0. The molecule has 142 valence electrons. The molecule has 0 saturated carbocycles. The maximum absolute atomic E-state index is 5.57. The van der Waals surface area contributed by atoms with Crippen LogP contribution in [0.15, 0.2) is 48.8 Å². The van der Waals surface area contributed by atoms with Gasteiger partial charge in [0, 0.05) is 18.9 Å². The van der Waals surface area contributed by atoms with Crippen LogP contribution in [0, 0.1) is 0 Å². The number of nitrogens with one attached hydrogen (secondary N) is 1. The van der Waals surface area contributed by atoms with E-state index >= 15 is 0 Å². The van der Waals surface area contributed by atoms with Gasteiger partial charge in [-0.2, -0.15) is 10.2 Å². The van der Waals surface area contributed by atoms with Gasteiger partial charge in [-0.1, -0.05) is 6.07 Å². The quantitative estimate of drug-likeness (QED) is 0.590. The van der Waals surface area contributed by atoms with Gasteiger partial charge in [0.2, 0.25) is 0 Å². The number of hydrogen-bond acceptors (Lipinski definition) is 6. The molecule has 0 aliphatic carbocycles. The molecule has 8 heteroatoms. The van der Waals surface area contributed by atoms with Gasteiger partial charge in [-0.3, -0.25) is 14.8 Å². The Hall–Kier alpha value is -3.26. The Morgan fingerprint density at radius 1 is 1.21 bits per heavy atom. The maximum Gasteiger partial charge on any atom is 0.139 e. The van der Waals surface area contributed by atoms with E-state index in [2.05, 4.69) is 39.1 Å². The fourth-order valence-electron chi connectivity index (χ4n) is 3.60. The molecule has 0 bridgehead atoms. The maximum atomic E-state index is 5.57. The minimum absolute atomic E-state index is 0.288. The van der Waals surface area contributed by atoms with Crippen molar-refractivity contribution in [2.75, 3.05) is 24.7 Å². The summed E-state index contributed by atoms with van der Waals surface area (Å²) in [7, 11) is 0. The first-order valence-corrected chi connectivity index (χ1v) is 9.41. The third kappa shape index (κ3) is 3.01. The van der Waals surface area contributed by atoms with Crippen molar-refractivity contribution in [1.82, 2.24) is 29.9 Å². The van der Waals surface area contributed by atoms with Crippen molar-refractivity contribution in [2.45, 2.75) is 19.5 Å². The predicted octanol–water partition coefficient (Wildman–Crippen LogP) is 2.49. The molecule has 1 saturated heterocycles. The molecule has 1 fully saturated rings. The molecular weight excluding hydrogens is 354 g/mol. The fourth-order valence-corrected chi connectivity index (χ4v) is 3.60. The van der Waals surface area contributed by atoms with Gasteiger partial charge in [0.1, 0.15) is 22.7 Å². The topological polar surface area (TPSA) is 84.8 Å². The summed E-state index contributed by atoms with van der Waals surface area (Å²) in [6.45, 7) is 5.00. The number of rotatable bonds is 4. The number of hydrogen-bond donors (Lipinski definition) is 1. The van der Waals surface area contributed by atoms with Crippen molar-refractivity contribution in [2.24, 2.45) is 0 Å². The van der Waals surface area contributed by atoms with Crippen LogP contribution in [0.25, 0.3) is 22.4 Å². The number of aromatic amines is 1. The van der Waals surface area contributed by atoms with E-state index in [1.165, 1.54) is 0 Å². The van der Waals surface area contributed by atoms with Crippen molar-refractivity contribution in [3.63, 3.8) is 0 Å². The Balaban J connectivity index is 1.62. The molecule has 0 amide bonds. The third-order valence-corrected chi connectivity index (χ3v) is 5.03. The highest BCUT2D eigenvalue weighted by molar-refractivity contribution is 5.90. The molecule has 5 rings (SSSR count). The van der Waals surface area contributed by atoms with Gasteiger partial charge in [0.25, 0.3) is 0 Å². The second-order valence-corrected chi connectivity index (χ2v) is 6.94. The Bertz CT molecular complexity index is 1070. The lowest BCUT2D eigenvalue weighted by molar-refractivity contribution is 0.0986. The lowest BCUT2D eigenvalue weighted by Gasteiger charge is -2.34. The normalized spacial score (nSPS) is 17.3. The van der Waals surface area contributed by atoms with E-state index in [0.29, 0.717) is 13.2 Å². The van der Waals surface area contributed by atoms with Gasteiger partial charge in [-0.25, -0.2) is 4.98 Å². The molecule has 1 N–H and O–H groups in total. The van der Waals surface area contributed by atoms with E-state index in [9.17, 15) is 0 Å². The summed E-state index contributed by atoms with van der Waals surface area (Å²) in [5.74, 6) is 0.942. The van der Waals surface area contributed by atoms with E-state index < -0.39 is 0 Å². The molecule has 5 heterocycles. The number of pyridine rings is 2. The highest BCUT2D eigenvalue weighted by atomic mass is 16.5. The standard InChI is InChI=1S/C20H21N7O/c1-14-13-28-11-10-26(14)18-6-5-17-20(23-18)19(16-7-9-22-24-16)25-27(17)12-15-4-2-3-8-21-15/h2-9,14H,10-13H2,1H3,(H,22,24)/t14-/m1/s1. The molecule has 4 aromatic rings. The van der Waals surface area contributed by atoms with Crippen molar-refractivity contribution in [3.8, 4) is 11.4 Å². The van der Waals surface area contributed by atoms with Gasteiger partial charge in [0.05, 0.1) is 37.0 Å². The molecule has 1 atom stereocenters. The summed E-state index contributed by atoms with van der Waals surface area (Å²) in [6, 6.07) is 12.3. The van der Waals surface area contributed by atoms with Crippen LogP contribution in [0.5, 0.6) is 0 Å². The fraction of sp³-hybridized carbons (Fsp3) is 0.300. The second-order valence-electron chi connectivity index (χ2n) is 6.94. The Labute approximate surface area is 162 Å². The molecule has 0 spiro atoms. The van der Waals surface area contributed by atoms with Crippen LogP contribution in [0.4, 0.5) is 5.82 Å². The molecule has 0 unspecified atom stereocenters. The number of morpholine rings is 1. The third-order valence-electron chi connectivity index (χ3n) is 5.03. The number of ether oxygens (including phenoxy) is 1. The van der Waals surface area contributed by atoms with E-state index in [0.717, 1.165) is 47.1 Å². The van der Waals surface area contributed by atoms with E-state index in [4.69, 9.17) is 14.8 Å². The monoisotopic (exact) mass is 375 g/mol. The first-order valence-electron chi connectivity index (χ1n) is 9.41. The minimum atomic E-state index is 0.288. The van der Waals surface area contributed by atoms with Crippen LogP contribution in [0.1, 0.15) is 12.6 Å². The summed E-state index contributed by atoms with van der Waals surface area (Å²) < 4.78 is 7.51. The first kappa shape index (κ1) is 16.9. The average Bonchev–Trinajstić information content (AvgIpc) is 3.37. The molecule has 0 aromatic carbocycles. The SMILES string of the molecule is C[C@@H]1COCCN1c1ccc2c(n1)c(-c1cc[nH]n1)nn2Cc1ccccn1. The molecular formula is C20H21N7O. The lowest BCUT2D eigenvalue weighted by atomic mass is 10.2. The molecule has 1 aliphatic heterocycles. The molecule has 4 aromatic heterocycles. The number of anilines is 1. The van der Waals surface area contributed by atoms with Crippen LogP contribution < -0.4 is 4.90 Å². The zero-order valence-electron chi connectivity index (χ0n) is 15.6. The van der Waals surface area contributed by atoms with Crippen LogP contribution >= 0.6 is 0 Å². The zero-order valence-corrected chi connectivity index (χ0v) is 15.6. The van der Waals surface area contributed by atoms with Crippen LogP contribution in [-0.2, 0) is 11.3 Å². The van der Waals surface area contributed by atoms with Crippen molar-refractivity contribution in [3.05, 3.63) is 54.5 Å². The van der Waals surface area contributed by atoms with Crippen LogP contribution in [0.2, 0.25) is 0 Å². The van der Waals surface area contributed by atoms with Crippen molar-refractivity contribution < 1.29 is 4.74 Å². The highest BCUT2D eigenvalue weighted by Crippen LogP contribution is 2.28. The summed E-state index contributed by atoms with van der Waals surface area (Å²) in [4.78, 5) is 11.7. The predicted molar refractivity (Wildman–Crippen MR) is 106 cm³/mol. The van der Waals surface area contributed by atoms with E-state index in [1.54, 1.807) is 12.4 Å². The number of nitrogens with zero attached hydrogens (tertiary/aromatic N) is 6. The minimum Gasteiger partial charge on any atom is -0.377 e. The summed E-state index contributed by atoms with van der Waals surface area (Å²) in [5, 5.41) is 12.0. The van der Waals surface area contributed by atoms with E-state index in [-0.39, 0.29) is 6.04 Å². The average molecular weight is 375 g/mol. The van der Waals surface area contributed by atoms with Gasteiger partial charge in [-0.05, 0) is 37.3 Å². The molecule has 28 heavy (non-hydrogen) atoms. The smallest absolute Gasteiger partial charge is 0.139 e. The van der Waals surface area contributed by atoms with Gasteiger partial charge in [-0.15, -0.1) is 0 Å².